The van der Waals surface area contributed by atoms with Crippen LogP contribution in [0.1, 0.15) is 25.0 Å². The highest BCUT2D eigenvalue weighted by atomic mass is 19.4. The zero-order valence-corrected chi connectivity index (χ0v) is 16.7. The number of likely N-dealkylation sites (N-methyl/N-ethyl adjacent to an activating group) is 1. The summed E-state index contributed by atoms with van der Waals surface area (Å²) in [5.41, 5.74) is 1.60. The molecular formula is C23H20F3N3O. The number of nitrogens with one attached hydrogen (secondary N) is 1. The average molecular weight is 411 g/mol. The normalized spacial score (nSPS) is 16.9. The van der Waals surface area contributed by atoms with Crippen molar-refractivity contribution in [2.24, 2.45) is 0 Å². The van der Waals surface area contributed by atoms with Crippen LogP contribution in [-0.4, -0.2) is 13.0 Å². The number of fused-ring (bicyclic) bond motifs is 1. The molecule has 0 unspecified atom stereocenters. The number of para-hydroxylation sites is 1. The van der Waals surface area contributed by atoms with E-state index in [1.807, 2.05) is 56.1 Å². The van der Waals surface area contributed by atoms with E-state index in [9.17, 15) is 23.2 Å². The molecular weight excluding hydrogens is 391 g/mol. The number of amides is 1. The Hall–Kier alpha value is -3.53. The Kier molecular flexibility index (Phi) is 5.45. The molecule has 3 rings (SSSR count). The third-order valence-corrected chi connectivity index (χ3v) is 5.16. The molecule has 1 aliphatic rings. The number of hydrogen-bond acceptors (Lipinski definition) is 3. The van der Waals surface area contributed by atoms with E-state index in [-0.39, 0.29) is 16.7 Å². The minimum Gasteiger partial charge on any atom is -0.347 e. The lowest BCUT2D eigenvalue weighted by Crippen LogP contribution is -2.22. The van der Waals surface area contributed by atoms with Gasteiger partial charge in [-0.05, 0) is 42.0 Å². The summed E-state index contributed by atoms with van der Waals surface area (Å²) >= 11 is 0. The molecule has 0 saturated carbocycles. The molecule has 0 aliphatic carbocycles. The molecule has 2 aromatic rings. The minimum absolute atomic E-state index is 0.0330. The van der Waals surface area contributed by atoms with E-state index in [2.05, 4.69) is 5.32 Å². The molecule has 2 aromatic carbocycles. The summed E-state index contributed by atoms with van der Waals surface area (Å²) < 4.78 is 38.6. The molecule has 1 aliphatic heterocycles. The van der Waals surface area contributed by atoms with Crippen LogP contribution in [0.2, 0.25) is 0 Å². The molecule has 30 heavy (non-hydrogen) atoms. The molecule has 154 valence electrons. The van der Waals surface area contributed by atoms with Gasteiger partial charge in [0.05, 0.1) is 5.56 Å². The first kappa shape index (κ1) is 21.2. The third-order valence-electron chi connectivity index (χ3n) is 5.16. The summed E-state index contributed by atoms with van der Waals surface area (Å²) in [6, 6.07) is 14.0. The Morgan fingerprint density at radius 2 is 1.87 bits per heavy atom. The predicted octanol–water partition coefficient (Wildman–Crippen LogP) is 5.41. The van der Waals surface area contributed by atoms with Gasteiger partial charge in [0.15, 0.2) is 0 Å². The van der Waals surface area contributed by atoms with E-state index in [0.717, 1.165) is 29.1 Å². The fourth-order valence-corrected chi connectivity index (χ4v) is 3.60. The van der Waals surface area contributed by atoms with Gasteiger partial charge >= 0.3 is 6.18 Å². The highest BCUT2D eigenvalue weighted by molar-refractivity contribution is 6.06. The average Bonchev–Trinajstić information content (AvgIpc) is 2.88. The van der Waals surface area contributed by atoms with Crippen molar-refractivity contribution in [3.8, 4) is 6.07 Å². The summed E-state index contributed by atoms with van der Waals surface area (Å²) in [4.78, 5) is 14.4. The van der Waals surface area contributed by atoms with Crippen molar-refractivity contribution in [3.63, 3.8) is 0 Å². The number of alkyl halides is 3. The van der Waals surface area contributed by atoms with Gasteiger partial charge in [-0.25, -0.2) is 0 Å². The Labute approximate surface area is 172 Å². The van der Waals surface area contributed by atoms with Crippen molar-refractivity contribution in [1.82, 2.24) is 0 Å². The van der Waals surface area contributed by atoms with Gasteiger partial charge in [-0.15, -0.1) is 0 Å². The second kappa shape index (κ2) is 7.71. The Morgan fingerprint density at radius 3 is 2.50 bits per heavy atom. The van der Waals surface area contributed by atoms with Crippen molar-refractivity contribution in [1.29, 1.82) is 5.26 Å². The highest BCUT2D eigenvalue weighted by Gasteiger charge is 2.37. The molecule has 0 saturated heterocycles. The number of nitrogens with zero attached hydrogens (tertiary/aromatic N) is 2. The van der Waals surface area contributed by atoms with Crippen molar-refractivity contribution in [2.75, 3.05) is 17.3 Å². The number of carbonyl (C=O) groups excluding carboxylic acids is 1. The van der Waals surface area contributed by atoms with Gasteiger partial charge in [-0.1, -0.05) is 38.1 Å². The lowest BCUT2D eigenvalue weighted by Gasteiger charge is -2.23. The number of hydrogen-bond donors (Lipinski definition) is 1. The number of benzene rings is 2. The van der Waals surface area contributed by atoms with Crippen LogP contribution in [0.25, 0.3) is 0 Å². The molecule has 1 N–H and O–H groups in total. The van der Waals surface area contributed by atoms with Crippen molar-refractivity contribution < 1.29 is 18.0 Å². The summed E-state index contributed by atoms with van der Waals surface area (Å²) in [5, 5.41) is 11.8. The molecule has 0 fully saturated rings. The molecule has 0 spiro atoms. The van der Waals surface area contributed by atoms with E-state index in [1.54, 1.807) is 6.08 Å². The number of halogens is 3. The number of rotatable bonds is 3. The quantitative estimate of drug-likeness (QED) is 0.543. The van der Waals surface area contributed by atoms with E-state index in [4.69, 9.17) is 0 Å². The van der Waals surface area contributed by atoms with Crippen LogP contribution in [0.15, 0.2) is 72.0 Å². The van der Waals surface area contributed by atoms with E-state index in [1.165, 1.54) is 18.2 Å². The fourth-order valence-electron chi connectivity index (χ4n) is 3.60. The van der Waals surface area contributed by atoms with Crippen molar-refractivity contribution >= 4 is 17.3 Å². The van der Waals surface area contributed by atoms with Gasteiger partial charge in [0.1, 0.15) is 11.6 Å². The van der Waals surface area contributed by atoms with Gasteiger partial charge in [0.25, 0.3) is 5.91 Å². The van der Waals surface area contributed by atoms with Crippen LogP contribution < -0.4 is 10.2 Å². The first-order valence-electron chi connectivity index (χ1n) is 9.20. The molecule has 7 heteroatoms. The Morgan fingerprint density at radius 1 is 1.17 bits per heavy atom. The largest absolute Gasteiger partial charge is 0.416 e. The Balaban J connectivity index is 1.87. The lowest BCUT2D eigenvalue weighted by atomic mass is 9.83. The molecule has 0 bridgehead atoms. The van der Waals surface area contributed by atoms with Crippen LogP contribution in [0.4, 0.5) is 24.5 Å². The fraction of sp³-hybridized carbons (Fsp3) is 0.217. The molecule has 1 amide bonds. The van der Waals surface area contributed by atoms with E-state index in [0.29, 0.717) is 0 Å². The molecule has 0 radical (unpaired) electrons. The maximum absolute atomic E-state index is 12.9. The van der Waals surface area contributed by atoms with Crippen LogP contribution in [-0.2, 0) is 16.4 Å². The molecule has 0 aromatic heterocycles. The van der Waals surface area contributed by atoms with Crippen molar-refractivity contribution in [3.05, 3.63) is 83.1 Å². The SMILES string of the molecule is CN1/C(=C/C=C(/C#N)C(=O)Nc2cccc(C(F)(F)F)c2)C(C)(C)c2ccccc21. The number of carbonyl (C=O) groups is 1. The molecule has 0 atom stereocenters. The topological polar surface area (TPSA) is 56.1 Å². The van der Waals surface area contributed by atoms with Gasteiger partial charge < -0.3 is 10.2 Å². The standard InChI is InChI=1S/C23H20F3N3O/c1-22(2)18-9-4-5-10-19(18)29(3)20(22)12-11-15(14-27)21(30)28-17-8-6-7-16(13-17)23(24,25)26/h4-13H,1-3H3,(H,28,30)/b15-11-,20-12+. The lowest BCUT2D eigenvalue weighted by molar-refractivity contribution is -0.137. The van der Waals surface area contributed by atoms with E-state index < -0.39 is 17.6 Å². The maximum atomic E-state index is 12.9. The van der Waals surface area contributed by atoms with Gasteiger partial charge in [0.2, 0.25) is 0 Å². The van der Waals surface area contributed by atoms with Crippen LogP contribution >= 0.6 is 0 Å². The zero-order valence-electron chi connectivity index (χ0n) is 16.7. The van der Waals surface area contributed by atoms with Gasteiger partial charge in [-0.2, -0.15) is 18.4 Å². The first-order chi connectivity index (χ1) is 14.1. The first-order valence-corrected chi connectivity index (χ1v) is 9.20. The molecule has 4 nitrogen and oxygen atoms in total. The van der Waals surface area contributed by atoms with Crippen LogP contribution in [0.5, 0.6) is 0 Å². The summed E-state index contributed by atoms with van der Waals surface area (Å²) in [6.45, 7) is 4.09. The summed E-state index contributed by atoms with van der Waals surface area (Å²) in [6.07, 6.45) is -1.43. The third kappa shape index (κ3) is 3.94. The summed E-state index contributed by atoms with van der Waals surface area (Å²) in [5.74, 6) is -0.773. The van der Waals surface area contributed by atoms with E-state index >= 15 is 0 Å². The Bertz CT molecular complexity index is 1090. The number of nitriles is 1. The van der Waals surface area contributed by atoms with Gasteiger partial charge in [-0.3, -0.25) is 4.79 Å². The number of allylic oxidation sites excluding steroid dienone is 3. The van der Waals surface area contributed by atoms with Crippen LogP contribution in [0, 0.1) is 11.3 Å². The smallest absolute Gasteiger partial charge is 0.347 e. The van der Waals surface area contributed by atoms with Gasteiger partial charge in [0, 0.05) is 29.5 Å². The minimum atomic E-state index is -4.52. The second-order valence-corrected chi connectivity index (χ2v) is 7.48. The maximum Gasteiger partial charge on any atom is 0.416 e. The second-order valence-electron chi connectivity index (χ2n) is 7.48. The highest BCUT2D eigenvalue weighted by Crippen LogP contribution is 2.46. The monoisotopic (exact) mass is 411 g/mol. The molecule has 1 heterocycles. The zero-order chi connectivity index (χ0) is 22.1. The predicted molar refractivity (Wildman–Crippen MR) is 110 cm³/mol. The van der Waals surface area contributed by atoms with Crippen LogP contribution in [0.3, 0.4) is 0 Å². The number of anilines is 2. The summed E-state index contributed by atoms with van der Waals surface area (Å²) in [7, 11) is 1.90. The van der Waals surface area contributed by atoms with Crippen molar-refractivity contribution in [2.45, 2.75) is 25.4 Å².